The Balaban J connectivity index is 2.08. The Labute approximate surface area is 111 Å². The van der Waals surface area contributed by atoms with Crippen LogP contribution in [0, 0.1) is 0 Å². The van der Waals surface area contributed by atoms with Crippen molar-refractivity contribution in [1.29, 1.82) is 0 Å². The zero-order chi connectivity index (χ0) is 13.2. The van der Waals surface area contributed by atoms with Crippen LogP contribution >= 0.6 is 0 Å². The first-order valence-corrected chi connectivity index (χ1v) is 6.43. The van der Waals surface area contributed by atoms with Crippen LogP contribution in [0.3, 0.4) is 0 Å². The third-order valence-electron chi connectivity index (χ3n) is 3.31. The highest BCUT2D eigenvalue weighted by Crippen LogP contribution is 2.27. The predicted octanol–water partition coefficient (Wildman–Crippen LogP) is 3.43. The van der Waals surface area contributed by atoms with Crippen LogP contribution in [-0.4, -0.2) is 17.6 Å². The quantitative estimate of drug-likeness (QED) is 0.727. The van der Waals surface area contributed by atoms with Crippen LogP contribution in [-0.2, 0) is 16.0 Å². The number of aromatic nitrogens is 1. The maximum Gasteiger partial charge on any atom is 0.310 e. The minimum atomic E-state index is -0.184. The Morgan fingerprint density at radius 1 is 1.16 bits per heavy atom. The standard InChI is InChI=1S/C16H15NO2/c1-2-19-15(18)9-12-10-17-16-13-6-4-3-5-11(13)7-8-14(12)16/h3-8,10,17H,2,9H2,1H3. The second-order valence-electron chi connectivity index (χ2n) is 4.50. The molecule has 3 rings (SSSR count). The van der Waals surface area contributed by atoms with Crippen molar-refractivity contribution in [2.24, 2.45) is 0 Å². The van der Waals surface area contributed by atoms with Crippen molar-refractivity contribution < 1.29 is 9.53 Å². The van der Waals surface area contributed by atoms with Crippen LogP contribution in [0.25, 0.3) is 21.7 Å². The fourth-order valence-electron chi connectivity index (χ4n) is 2.45. The third kappa shape index (κ3) is 2.08. The summed E-state index contributed by atoms with van der Waals surface area (Å²) in [5.41, 5.74) is 2.07. The number of esters is 1. The fraction of sp³-hybridized carbons (Fsp3) is 0.188. The summed E-state index contributed by atoms with van der Waals surface area (Å²) in [5, 5.41) is 3.46. The highest BCUT2D eigenvalue weighted by molar-refractivity contribution is 6.07. The maximum absolute atomic E-state index is 11.6. The molecule has 0 amide bonds. The molecular weight excluding hydrogens is 238 g/mol. The van der Waals surface area contributed by atoms with Gasteiger partial charge < -0.3 is 9.72 Å². The SMILES string of the molecule is CCOC(=O)Cc1c[nH]c2c1ccc1ccccc12. The van der Waals surface area contributed by atoms with Gasteiger partial charge in [-0.3, -0.25) is 4.79 Å². The van der Waals surface area contributed by atoms with Crippen molar-refractivity contribution in [1.82, 2.24) is 4.98 Å². The summed E-state index contributed by atoms with van der Waals surface area (Å²) in [6, 6.07) is 12.4. The molecule has 3 heteroatoms. The van der Waals surface area contributed by atoms with E-state index in [0.717, 1.165) is 16.5 Å². The average Bonchev–Trinajstić information content (AvgIpc) is 2.82. The molecular formula is C16H15NO2. The number of carbonyl (C=O) groups is 1. The fourth-order valence-corrected chi connectivity index (χ4v) is 2.45. The molecule has 2 aromatic carbocycles. The number of hydrogen-bond acceptors (Lipinski definition) is 2. The number of benzene rings is 2. The molecule has 3 aromatic rings. The first-order chi connectivity index (χ1) is 9.29. The highest BCUT2D eigenvalue weighted by Gasteiger charge is 2.10. The molecule has 0 fully saturated rings. The van der Waals surface area contributed by atoms with Gasteiger partial charge in [0.2, 0.25) is 0 Å². The van der Waals surface area contributed by atoms with Gasteiger partial charge in [0, 0.05) is 17.0 Å². The molecule has 0 spiro atoms. The molecule has 96 valence electrons. The minimum absolute atomic E-state index is 0.184. The van der Waals surface area contributed by atoms with E-state index in [9.17, 15) is 4.79 Å². The van der Waals surface area contributed by atoms with Gasteiger partial charge in [-0.25, -0.2) is 0 Å². The van der Waals surface area contributed by atoms with Crippen molar-refractivity contribution in [3.05, 3.63) is 48.2 Å². The van der Waals surface area contributed by atoms with Gasteiger partial charge in [-0.05, 0) is 17.9 Å². The highest BCUT2D eigenvalue weighted by atomic mass is 16.5. The molecule has 0 atom stereocenters. The summed E-state index contributed by atoms with van der Waals surface area (Å²) >= 11 is 0. The molecule has 0 aliphatic heterocycles. The van der Waals surface area contributed by atoms with Gasteiger partial charge in [-0.1, -0.05) is 36.4 Å². The van der Waals surface area contributed by atoms with Crippen molar-refractivity contribution >= 4 is 27.6 Å². The molecule has 1 N–H and O–H groups in total. The summed E-state index contributed by atoms with van der Waals surface area (Å²) in [6.45, 7) is 2.24. The predicted molar refractivity (Wildman–Crippen MR) is 76.1 cm³/mol. The number of H-pyrrole nitrogens is 1. The minimum Gasteiger partial charge on any atom is -0.466 e. The van der Waals surface area contributed by atoms with Gasteiger partial charge in [-0.2, -0.15) is 0 Å². The lowest BCUT2D eigenvalue weighted by Crippen LogP contribution is -2.06. The number of nitrogens with one attached hydrogen (secondary N) is 1. The molecule has 0 aliphatic rings. The van der Waals surface area contributed by atoms with E-state index in [-0.39, 0.29) is 5.97 Å². The molecule has 0 unspecified atom stereocenters. The van der Waals surface area contributed by atoms with Gasteiger partial charge in [0.1, 0.15) is 0 Å². The van der Waals surface area contributed by atoms with E-state index in [1.807, 2.05) is 25.3 Å². The zero-order valence-corrected chi connectivity index (χ0v) is 10.8. The van der Waals surface area contributed by atoms with E-state index in [0.29, 0.717) is 13.0 Å². The third-order valence-corrected chi connectivity index (χ3v) is 3.31. The Hall–Kier alpha value is -2.29. The van der Waals surface area contributed by atoms with Gasteiger partial charge >= 0.3 is 5.97 Å². The number of carbonyl (C=O) groups excluding carboxylic acids is 1. The van der Waals surface area contributed by atoms with E-state index < -0.39 is 0 Å². The second-order valence-corrected chi connectivity index (χ2v) is 4.50. The molecule has 3 nitrogen and oxygen atoms in total. The summed E-state index contributed by atoms with van der Waals surface area (Å²) in [4.78, 5) is 14.9. The maximum atomic E-state index is 11.6. The van der Waals surface area contributed by atoms with E-state index in [2.05, 4.69) is 29.2 Å². The molecule has 0 saturated heterocycles. The molecule has 0 radical (unpaired) electrons. The Morgan fingerprint density at radius 2 is 2.00 bits per heavy atom. The topological polar surface area (TPSA) is 42.1 Å². The van der Waals surface area contributed by atoms with Crippen LogP contribution in [0.2, 0.25) is 0 Å². The Bertz CT molecular complexity index is 743. The summed E-state index contributed by atoms with van der Waals surface area (Å²) in [7, 11) is 0. The van der Waals surface area contributed by atoms with Crippen molar-refractivity contribution in [2.45, 2.75) is 13.3 Å². The van der Waals surface area contributed by atoms with Crippen LogP contribution < -0.4 is 0 Å². The first kappa shape index (κ1) is 11.8. The zero-order valence-electron chi connectivity index (χ0n) is 10.8. The van der Waals surface area contributed by atoms with Crippen LogP contribution in [0.4, 0.5) is 0 Å². The molecule has 1 aromatic heterocycles. The largest absolute Gasteiger partial charge is 0.466 e. The van der Waals surface area contributed by atoms with E-state index in [4.69, 9.17) is 4.74 Å². The van der Waals surface area contributed by atoms with E-state index in [1.54, 1.807) is 0 Å². The lowest BCUT2D eigenvalue weighted by atomic mass is 10.0. The van der Waals surface area contributed by atoms with Gasteiger partial charge in [0.15, 0.2) is 0 Å². The Kier molecular flexibility index (Phi) is 2.95. The molecule has 0 aliphatic carbocycles. The summed E-state index contributed by atoms with van der Waals surface area (Å²) in [6.07, 6.45) is 2.21. The number of rotatable bonds is 3. The van der Waals surface area contributed by atoms with Crippen LogP contribution in [0.1, 0.15) is 12.5 Å². The lowest BCUT2D eigenvalue weighted by Gasteiger charge is -2.02. The summed E-state index contributed by atoms with van der Waals surface area (Å²) < 4.78 is 5.00. The molecule has 0 saturated carbocycles. The van der Waals surface area contributed by atoms with Crippen molar-refractivity contribution in [2.75, 3.05) is 6.61 Å². The number of aromatic amines is 1. The molecule has 1 heterocycles. The second kappa shape index (κ2) is 4.76. The molecule has 0 bridgehead atoms. The van der Waals surface area contributed by atoms with E-state index >= 15 is 0 Å². The monoisotopic (exact) mass is 253 g/mol. The number of ether oxygens (including phenoxy) is 1. The molecule has 19 heavy (non-hydrogen) atoms. The first-order valence-electron chi connectivity index (χ1n) is 6.43. The Morgan fingerprint density at radius 3 is 2.84 bits per heavy atom. The lowest BCUT2D eigenvalue weighted by molar-refractivity contribution is -0.142. The van der Waals surface area contributed by atoms with Gasteiger partial charge in [0.05, 0.1) is 18.5 Å². The smallest absolute Gasteiger partial charge is 0.310 e. The number of hydrogen-bond donors (Lipinski definition) is 1. The van der Waals surface area contributed by atoms with Crippen molar-refractivity contribution in [3.8, 4) is 0 Å². The normalized spacial score (nSPS) is 11.0. The number of fused-ring (bicyclic) bond motifs is 3. The van der Waals surface area contributed by atoms with Gasteiger partial charge in [0.25, 0.3) is 0 Å². The van der Waals surface area contributed by atoms with Crippen LogP contribution in [0.15, 0.2) is 42.6 Å². The van der Waals surface area contributed by atoms with Crippen LogP contribution in [0.5, 0.6) is 0 Å². The van der Waals surface area contributed by atoms with Gasteiger partial charge in [-0.15, -0.1) is 0 Å². The summed E-state index contributed by atoms with van der Waals surface area (Å²) in [5.74, 6) is -0.184. The average molecular weight is 253 g/mol. The van der Waals surface area contributed by atoms with E-state index in [1.165, 1.54) is 10.8 Å². The van der Waals surface area contributed by atoms with Crippen molar-refractivity contribution in [3.63, 3.8) is 0 Å².